The Morgan fingerprint density at radius 3 is 2.16 bits per heavy atom. The third kappa shape index (κ3) is 3.17. The normalized spacial score (nSPS) is 32.4. The second kappa shape index (κ2) is 6.16. The molecule has 4 unspecified atom stereocenters. The molecule has 4 atom stereocenters. The number of hydrogen-bond donors (Lipinski definition) is 1. The molecule has 0 aromatic heterocycles. The Morgan fingerprint density at radius 2 is 1.79 bits per heavy atom. The molecule has 0 bridgehead atoms. The molecule has 1 N–H and O–H groups in total. The van der Waals surface area contributed by atoms with Crippen LogP contribution < -0.4 is 5.32 Å². The van der Waals surface area contributed by atoms with E-state index in [-0.39, 0.29) is 0 Å². The average Bonchev–Trinajstić information content (AvgIpc) is 2.28. The SMILES string of the molecule is CCC(C)C1(C(C(C)C)C(C)(C)C)NCCCC1C. The van der Waals surface area contributed by atoms with E-state index in [2.05, 4.69) is 60.7 Å². The summed E-state index contributed by atoms with van der Waals surface area (Å²) in [5.74, 6) is 2.98. The number of rotatable bonds is 4. The minimum atomic E-state index is 0.319. The topological polar surface area (TPSA) is 12.0 Å². The molecule has 19 heavy (non-hydrogen) atoms. The highest BCUT2D eigenvalue weighted by Gasteiger charge is 2.52. The average molecular weight is 268 g/mol. The van der Waals surface area contributed by atoms with Crippen LogP contribution in [0.1, 0.15) is 74.7 Å². The Labute approximate surface area is 121 Å². The van der Waals surface area contributed by atoms with Gasteiger partial charge in [0.25, 0.3) is 0 Å². The van der Waals surface area contributed by atoms with Crippen LogP contribution in [0.3, 0.4) is 0 Å². The summed E-state index contributed by atoms with van der Waals surface area (Å²) >= 11 is 0. The van der Waals surface area contributed by atoms with Crippen LogP contribution in [-0.2, 0) is 0 Å². The lowest BCUT2D eigenvalue weighted by atomic mass is 9.54. The largest absolute Gasteiger partial charge is 0.310 e. The van der Waals surface area contributed by atoms with E-state index < -0.39 is 0 Å². The molecule has 0 aromatic rings. The quantitative estimate of drug-likeness (QED) is 0.746. The number of hydrogen-bond acceptors (Lipinski definition) is 1. The van der Waals surface area contributed by atoms with Crippen LogP contribution >= 0.6 is 0 Å². The van der Waals surface area contributed by atoms with Gasteiger partial charge in [-0.3, -0.25) is 0 Å². The van der Waals surface area contributed by atoms with Gasteiger partial charge in [0.2, 0.25) is 0 Å². The summed E-state index contributed by atoms with van der Waals surface area (Å²) in [5.41, 5.74) is 0.676. The van der Waals surface area contributed by atoms with Gasteiger partial charge < -0.3 is 5.32 Å². The van der Waals surface area contributed by atoms with Crippen LogP contribution in [0.25, 0.3) is 0 Å². The number of nitrogens with one attached hydrogen (secondary N) is 1. The van der Waals surface area contributed by atoms with Gasteiger partial charge in [0.05, 0.1) is 0 Å². The zero-order chi connectivity index (χ0) is 14.8. The molecule has 1 heteroatoms. The molecule has 1 saturated heterocycles. The van der Waals surface area contributed by atoms with Crippen molar-refractivity contribution >= 4 is 0 Å². The second-order valence-corrected chi connectivity index (χ2v) is 8.30. The molecular weight excluding hydrogens is 230 g/mol. The Kier molecular flexibility index (Phi) is 5.52. The van der Waals surface area contributed by atoms with Crippen LogP contribution in [-0.4, -0.2) is 12.1 Å². The summed E-state index contributed by atoms with van der Waals surface area (Å²) in [4.78, 5) is 0. The minimum Gasteiger partial charge on any atom is -0.310 e. The van der Waals surface area contributed by atoms with Crippen LogP contribution in [0, 0.1) is 29.1 Å². The monoisotopic (exact) mass is 267 g/mol. The van der Waals surface area contributed by atoms with Crippen molar-refractivity contribution in [2.24, 2.45) is 29.1 Å². The molecule has 1 aliphatic rings. The summed E-state index contributed by atoms with van der Waals surface area (Å²) in [6.07, 6.45) is 4.00. The molecule has 0 aliphatic carbocycles. The molecular formula is C18H37N. The summed E-state index contributed by atoms with van der Waals surface area (Å²) in [5, 5.41) is 4.02. The Balaban J connectivity index is 3.27. The highest BCUT2D eigenvalue weighted by Crippen LogP contribution is 2.50. The first-order valence-electron chi connectivity index (χ1n) is 8.42. The van der Waals surface area contributed by atoms with E-state index in [1.54, 1.807) is 0 Å². The van der Waals surface area contributed by atoms with E-state index in [0.717, 1.165) is 23.7 Å². The minimum absolute atomic E-state index is 0.319. The van der Waals surface area contributed by atoms with E-state index in [1.165, 1.54) is 25.8 Å². The molecule has 1 aliphatic heterocycles. The van der Waals surface area contributed by atoms with Crippen molar-refractivity contribution in [2.75, 3.05) is 6.54 Å². The van der Waals surface area contributed by atoms with Crippen LogP contribution in [0.4, 0.5) is 0 Å². The van der Waals surface area contributed by atoms with Gasteiger partial charge in [-0.25, -0.2) is 0 Å². The van der Waals surface area contributed by atoms with Crippen molar-refractivity contribution in [3.63, 3.8) is 0 Å². The first-order chi connectivity index (χ1) is 8.67. The van der Waals surface area contributed by atoms with Gasteiger partial charge in [-0.05, 0) is 48.5 Å². The van der Waals surface area contributed by atoms with Crippen LogP contribution in [0.15, 0.2) is 0 Å². The van der Waals surface area contributed by atoms with Crippen molar-refractivity contribution < 1.29 is 0 Å². The predicted molar refractivity (Wildman–Crippen MR) is 86.4 cm³/mol. The van der Waals surface area contributed by atoms with Crippen molar-refractivity contribution in [1.29, 1.82) is 0 Å². The molecule has 0 spiro atoms. The predicted octanol–water partition coefficient (Wildman–Crippen LogP) is 5.11. The lowest BCUT2D eigenvalue weighted by Gasteiger charge is -2.58. The molecule has 114 valence electrons. The molecule has 0 amide bonds. The van der Waals surface area contributed by atoms with E-state index in [4.69, 9.17) is 0 Å². The first-order valence-corrected chi connectivity index (χ1v) is 8.42. The highest BCUT2D eigenvalue weighted by molar-refractivity contribution is 5.07. The maximum absolute atomic E-state index is 4.02. The number of piperidine rings is 1. The fourth-order valence-electron chi connectivity index (χ4n) is 5.11. The van der Waals surface area contributed by atoms with Crippen LogP contribution in [0.5, 0.6) is 0 Å². The lowest BCUT2D eigenvalue weighted by Crippen LogP contribution is -2.66. The fourth-order valence-corrected chi connectivity index (χ4v) is 5.11. The summed E-state index contributed by atoms with van der Waals surface area (Å²) in [6.45, 7) is 20.7. The van der Waals surface area contributed by atoms with Gasteiger partial charge in [0.15, 0.2) is 0 Å². The molecule has 0 saturated carbocycles. The molecule has 1 nitrogen and oxygen atoms in total. The Hall–Kier alpha value is -0.0400. The maximum Gasteiger partial charge on any atom is 0.0267 e. The second-order valence-electron chi connectivity index (χ2n) is 8.30. The van der Waals surface area contributed by atoms with E-state index >= 15 is 0 Å². The molecule has 0 aromatic carbocycles. The van der Waals surface area contributed by atoms with Gasteiger partial charge in [0.1, 0.15) is 0 Å². The molecule has 1 heterocycles. The van der Waals surface area contributed by atoms with Crippen molar-refractivity contribution in [2.45, 2.75) is 80.2 Å². The summed E-state index contributed by atoms with van der Waals surface area (Å²) in [6, 6.07) is 0. The Morgan fingerprint density at radius 1 is 1.21 bits per heavy atom. The zero-order valence-corrected chi connectivity index (χ0v) is 14.6. The van der Waals surface area contributed by atoms with Crippen molar-refractivity contribution in [3.05, 3.63) is 0 Å². The van der Waals surface area contributed by atoms with Gasteiger partial charge in [-0.1, -0.05) is 61.8 Å². The molecule has 1 rings (SSSR count). The third-order valence-electron chi connectivity index (χ3n) is 5.60. The van der Waals surface area contributed by atoms with Gasteiger partial charge in [0, 0.05) is 5.54 Å². The molecule has 1 fully saturated rings. The lowest BCUT2D eigenvalue weighted by molar-refractivity contribution is -0.0373. The van der Waals surface area contributed by atoms with E-state index in [1.807, 2.05) is 0 Å². The zero-order valence-electron chi connectivity index (χ0n) is 14.6. The van der Waals surface area contributed by atoms with Crippen molar-refractivity contribution in [1.82, 2.24) is 5.32 Å². The Bertz CT molecular complexity index is 270. The fraction of sp³-hybridized carbons (Fsp3) is 1.00. The van der Waals surface area contributed by atoms with Gasteiger partial charge in [-0.2, -0.15) is 0 Å². The van der Waals surface area contributed by atoms with E-state index in [9.17, 15) is 0 Å². The standard InChI is InChI=1S/C18H37N/c1-9-14(4)18(15(5)11-10-12-19-18)16(13(2)3)17(6,7)8/h13-16,19H,9-12H2,1-8H3. The van der Waals surface area contributed by atoms with Gasteiger partial charge >= 0.3 is 0 Å². The maximum atomic E-state index is 4.02. The third-order valence-corrected chi connectivity index (χ3v) is 5.60. The van der Waals surface area contributed by atoms with Crippen LogP contribution in [0.2, 0.25) is 0 Å². The van der Waals surface area contributed by atoms with Crippen molar-refractivity contribution in [3.8, 4) is 0 Å². The van der Waals surface area contributed by atoms with Gasteiger partial charge in [-0.15, -0.1) is 0 Å². The highest BCUT2D eigenvalue weighted by atomic mass is 15.0. The summed E-state index contributed by atoms with van der Waals surface area (Å²) < 4.78 is 0. The van der Waals surface area contributed by atoms with E-state index in [0.29, 0.717) is 11.0 Å². The first kappa shape index (κ1) is 17.0. The molecule has 0 radical (unpaired) electrons. The summed E-state index contributed by atoms with van der Waals surface area (Å²) in [7, 11) is 0. The smallest absolute Gasteiger partial charge is 0.0267 e.